The van der Waals surface area contributed by atoms with Crippen molar-refractivity contribution in [2.75, 3.05) is 6.54 Å². The van der Waals surface area contributed by atoms with Gasteiger partial charge in [-0.1, -0.05) is 30.7 Å². The van der Waals surface area contributed by atoms with Crippen LogP contribution in [-0.4, -0.2) is 24.5 Å². The fraction of sp³-hybridized carbons (Fsp3) is 0.562. The second-order valence-electron chi connectivity index (χ2n) is 5.60. The molecule has 2 rings (SSSR count). The first-order chi connectivity index (χ1) is 9.15. The van der Waals surface area contributed by atoms with E-state index in [9.17, 15) is 4.79 Å². The minimum atomic E-state index is 0.120. The zero-order valence-electron chi connectivity index (χ0n) is 11.9. The maximum absolute atomic E-state index is 11.9. The molecular weight excluding hydrogens is 236 g/mol. The Kier molecular flexibility index (Phi) is 4.97. The van der Waals surface area contributed by atoms with Gasteiger partial charge in [0.15, 0.2) is 0 Å². The van der Waals surface area contributed by atoms with Crippen molar-refractivity contribution in [3.05, 3.63) is 35.4 Å². The fourth-order valence-electron chi connectivity index (χ4n) is 2.68. The van der Waals surface area contributed by atoms with E-state index in [0.29, 0.717) is 18.5 Å². The van der Waals surface area contributed by atoms with Crippen molar-refractivity contribution in [1.82, 2.24) is 10.6 Å². The van der Waals surface area contributed by atoms with Crippen LogP contribution in [0.4, 0.5) is 0 Å². The average molecular weight is 260 g/mol. The van der Waals surface area contributed by atoms with Gasteiger partial charge in [-0.15, -0.1) is 0 Å². The van der Waals surface area contributed by atoms with E-state index in [-0.39, 0.29) is 5.91 Å². The van der Waals surface area contributed by atoms with Crippen LogP contribution in [0.5, 0.6) is 0 Å². The minimum Gasteiger partial charge on any atom is -0.354 e. The summed E-state index contributed by atoms with van der Waals surface area (Å²) in [6.45, 7) is 5.00. The van der Waals surface area contributed by atoms with Gasteiger partial charge in [0.2, 0.25) is 5.91 Å². The first-order valence-electron chi connectivity index (χ1n) is 7.22. The first-order valence-corrected chi connectivity index (χ1v) is 7.22. The summed E-state index contributed by atoms with van der Waals surface area (Å²) in [5.41, 5.74) is 2.30. The van der Waals surface area contributed by atoms with Crippen LogP contribution in [0, 0.1) is 6.92 Å². The molecule has 0 bridgehead atoms. The maximum atomic E-state index is 11.9. The van der Waals surface area contributed by atoms with Crippen LogP contribution in [0.2, 0.25) is 0 Å². The maximum Gasteiger partial charge on any atom is 0.224 e. The Morgan fingerprint density at radius 3 is 2.89 bits per heavy atom. The normalized spacial score (nSPS) is 23.1. The summed E-state index contributed by atoms with van der Waals surface area (Å²) >= 11 is 0. The number of benzene rings is 1. The van der Waals surface area contributed by atoms with Crippen LogP contribution in [-0.2, 0) is 11.2 Å². The molecule has 19 heavy (non-hydrogen) atoms. The molecule has 1 aromatic carbocycles. The van der Waals surface area contributed by atoms with Crippen LogP contribution >= 0.6 is 0 Å². The molecule has 104 valence electrons. The monoisotopic (exact) mass is 260 g/mol. The Labute approximate surface area is 115 Å². The molecule has 2 unspecified atom stereocenters. The summed E-state index contributed by atoms with van der Waals surface area (Å²) in [6.07, 6.45) is 4.14. The Hall–Kier alpha value is -1.35. The van der Waals surface area contributed by atoms with E-state index in [1.54, 1.807) is 0 Å². The summed E-state index contributed by atoms with van der Waals surface area (Å²) in [6, 6.07) is 9.07. The lowest BCUT2D eigenvalue weighted by Crippen LogP contribution is -2.47. The van der Waals surface area contributed by atoms with Gasteiger partial charge in [-0.2, -0.15) is 0 Å². The number of rotatable bonds is 4. The molecule has 1 aliphatic rings. The standard InChI is InChI=1S/C16H24N2O/c1-12-6-3-4-8-14(12)10-16(19)17-11-15-9-5-7-13(2)18-15/h3-4,6,8,13,15,18H,5,7,9-11H2,1-2H3,(H,17,19). The zero-order valence-corrected chi connectivity index (χ0v) is 11.9. The van der Waals surface area contributed by atoms with Gasteiger partial charge in [0.1, 0.15) is 0 Å². The Balaban J connectivity index is 1.77. The number of carbonyl (C=O) groups is 1. The van der Waals surface area contributed by atoms with E-state index in [1.807, 2.05) is 31.2 Å². The predicted octanol–water partition coefficient (Wildman–Crippen LogP) is 2.18. The molecule has 3 nitrogen and oxygen atoms in total. The molecule has 0 radical (unpaired) electrons. The second-order valence-corrected chi connectivity index (χ2v) is 5.60. The van der Waals surface area contributed by atoms with Gasteiger partial charge in [-0.05, 0) is 37.8 Å². The lowest BCUT2D eigenvalue weighted by Gasteiger charge is -2.28. The third-order valence-electron chi connectivity index (χ3n) is 3.87. The number of hydrogen-bond acceptors (Lipinski definition) is 2. The van der Waals surface area contributed by atoms with E-state index in [2.05, 4.69) is 17.6 Å². The SMILES string of the molecule is Cc1ccccc1CC(=O)NCC1CCCC(C)N1. The number of nitrogens with one attached hydrogen (secondary N) is 2. The topological polar surface area (TPSA) is 41.1 Å². The van der Waals surface area contributed by atoms with Gasteiger partial charge in [-0.25, -0.2) is 0 Å². The highest BCUT2D eigenvalue weighted by Crippen LogP contribution is 2.12. The second kappa shape index (κ2) is 6.71. The van der Waals surface area contributed by atoms with Gasteiger partial charge in [-0.3, -0.25) is 4.79 Å². The molecule has 1 aliphatic heterocycles. The highest BCUT2D eigenvalue weighted by atomic mass is 16.1. The van der Waals surface area contributed by atoms with E-state index >= 15 is 0 Å². The summed E-state index contributed by atoms with van der Waals surface area (Å²) in [5, 5.41) is 6.58. The van der Waals surface area contributed by atoms with Gasteiger partial charge in [0.05, 0.1) is 6.42 Å². The van der Waals surface area contributed by atoms with Gasteiger partial charge < -0.3 is 10.6 Å². The smallest absolute Gasteiger partial charge is 0.224 e. The third kappa shape index (κ3) is 4.35. The van der Waals surface area contributed by atoms with Crippen molar-refractivity contribution in [3.63, 3.8) is 0 Å². The zero-order chi connectivity index (χ0) is 13.7. The van der Waals surface area contributed by atoms with Crippen LogP contribution in [0.15, 0.2) is 24.3 Å². The number of amides is 1. The molecule has 0 aliphatic carbocycles. The van der Waals surface area contributed by atoms with Crippen molar-refractivity contribution < 1.29 is 4.79 Å². The van der Waals surface area contributed by atoms with E-state index in [4.69, 9.17) is 0 Å². The van der Waals surface area contributed by atoms with E-state index in [1.165, 1.54) is 18.4 Å². The number of carbonyl (C=O) groups excluding carboxylic acids is 1. The van der Waals surface area contributed by atoms with Crippen molar-refractivity contribution in [1.29, 1.82) is 0 Å². The van der Waals surface area contributed by atoms with Crippen LogP contribution in [0.1, 0.15) is 37.3 Å². The number of piperidine rings is 1. The number of aryl methyl sites for hydroxylation is 1. The summed E-state index contributed by atoms with van der Waals surface area (Å²) < 4.78 is 0. The van der Waals surface area contributed by atoms with Crippen molar-refractivity contribution in [2.45, 2.75) is 51.6 Å². The highest BCUT2D eigenvalue weighted by molar-refractivity contribution is 5.78. The lowest BCUT2D eigenvalue weighted by molar-refractivity contribution is -0.120. The molecule has 1 heterocycles. The van der Waals surface area contributed by atoms with Gasteiger partial charge in [0.25, 0.3) is 0 Å². The first kappa shape index (κ1) is 14.1. The molecule has 1 fully saturated rings. The summed E-state index contributed by atoms with van der Waals surface area (Å²) in [7, 11) is 0. The van der Waals surface area contributed by atoms with Crippen LogP contribution in [0.3, 0.4) is 0 Å². The van der Waals surface area contributed by atoms with E-state index in [0.717, 1.165) is 18.5 Å². The lowest BCUT2D eigenvalue weighted by atomic mass is 9.99. The quantitative estimate of drug-likeness (QED) is 0.871. The molecule has 3 heteroatoms. The van der Waals surface area contributed by atoms with E-state index < -0.39 is 0 Å². The molecular formula is C16H24N2O. The van der Waals surface area contributed by atoms with Crippen molar-refractivity contribution in [3.8, 4) is 0 Å². The third-order valence-corrected chi connectivity index (χ3v) is 3.87. The predicted molar refractivity (Wildman–Crippen MR) is 78.1 cm³/mol. The fourth-order valence-corrected chi connectivity index (χ4v) is 2.68. The van der Waals surface area contributed by atoms with Crippen LogP contribution in [0.25, 0.3) is 0 Å². The van der Waals surface area contributed by atoms with Crippen molar-refractivity contribution >= 4 is 5.91 Å². The molecule has 1 amide bonds. The molecule has 2 N–H and O–H groups in total. The molecule has 2 atom stereocenters. The number of hydrogen-bond donors (Lipinski definition) is 2. The molecule has 0 saturated carbocycles. The highest BCUT2D eigenvalue weighted by Gasteiger charge is 2.18. The summed E-state index contributed by atoms with van der Waals surface area (Å²) in [5.74, 6) is 0.120. The summed E-state index contributed by atoms with van der Waals surface area (Å²) in [4.78, 5) is 11.9. The minimum absolute atomic E-state index is 0.120. The largest absolute Gasteiger partial charge is 0.354 e. The average Bonchev–Trinajstić information content (AvgIpc) is 2.39. The van der Waals surface area contributed by atoms with Gasteiger partial charge in [0, 0.05) is 18.6 Å². The Morgan fingerprint density at radius 2 is 2.16 bits per heavy atom. The van der Waals surface area contributed by atoms with Crippen molar-refractivity contribution in [2.24, 2.45) is 0 Å². The molecule has 1 aromatic rings. The Bertz CT molecular complexity index is 431. The molecule has 1 saturated heterocycles. The van der Waals surface area contributed by atoms with Crippen LogP contribution < -0.4 is 10.6 Å². The van der Waals surface area contributed by atoms with Gasteiger partial charge >= 0.3 is 0 Å². The Morgan fingerprint density at radius 1 is 1.37 bits per heavy atom. The molecule has 0 spiro atoms. The molecule has 0 aromatic heterocycles.